The molecule has 0 spiro atoms. The molecule has 6 aromatic rings. The summed E-state index contributed by atoms with van der Waals surface area (Å²) in [5, 5.41) is 19.1. The first kappa shape index (κ1) is 31.4. The number of imide groups is 1. The predicted octanol–water partition coefficient (Wildman–Crippen LogP) is 6.64. The average molecular weight is 624 g/mol. The van der Waals surface area contributed by atoms with Gasteiger partial charge < -0.3 is 10.8 Å². The highest BCUT2D eigenvalue weighted by Crippen LogP contribution is 2.29. The summed E-state index contributed by atoms with van der Waals surface area (Å²) in [6.45, 7) is 7.08. The number of phenolic OH excluding ortho intramolecular Hbond substituents is 1. The topological polar surface area (TPSA) is 123 Å². The van der Waals surface area contributed by atoms with Crippen molar-refractivity contribution in [2.24, 2.45) is 5.73 Å². The Morgan fingerprint density at radius 3 is 2.26 bits per heavy atom. The lowest BCUT2D eigenvalue weighted by Crippen LogP contribution is -2.44. The van der Waals surface area contributed by atoms with Gasteiger partial charge in [0.2, 0.25) is 5.91 Å². The first-order valence-corrected chi connectivity index (χ1v) is 15.5. The van der Waals surface area contributed by atoms with Crippen LogP contribution in [0.25, 0.3) is 33.4 Å². The van der Waals surface area contributed by atoms with Gasteiger partial charge in [0.1, 0.15) is 11.4 Å². The molecular weight excluding hydrogens is 586 g/mol. The van der Waals surface area contributed by atoms with Crippen molar-refractivity contribution in [3.05, 3.63) is 138 Å². The molecule has 0 aliphatic heterocycles. The molecule has 8 nitrogen and oxygen atoms in total. The smallest absolute Gasteiger partial charge is 0.257 e. The van der Waals surface area contributed by atoms with Crippen molar-refractivity contribution in [1.82, 2.24) is 20.1 Å². The van der Waals surface area contributed by atoms with Crippen molar-refractivity contribution >= 4 is 22.6 Å². The van der Waals surface area contributed by atoms with E-state index in [9.17, 15) is 14.7 Å². The number of hydrogen-bond acceptors (Lipinski definition) is 6. The van der Waals surface area contributed by atoms with Gasteiger partial charge in [0, 0.05) is 22.7 Å². The summed E-state index contributed by atoms with van der Waals surface area (Å²) in [7, 11) is 0. The number of carbonyl (C=O) groups is 2. The number of nitrogens with one attached hydrogen (secondary N) is 1. The molecule has 0 fully saturated rings. The van der Waals surface area contributed by atoms with E-state index in [0.29, 0.717) is 17.8 Å². The fourth-order valence-corrected chi connectivity index (χ4v) is 5.48. The van der Waals surface area contributed by atoms with E-state index in [4.69, 9.17) is 15.8 Å². The summed E-state index contributed by atoms with van der Waals surface area (Å²) in [6, 6.07) is 33.3. The SMILES string of the molecule is CC(C)(C)c1ccc(Cn2nc(-c3cc4ccccc4cn3)cc2-c2cccc(C(=O)NC(=O)C(N)Cc3ccc(O)cc3)c2)cc1. The Morgan fingerprint density at radius 1 is 0.830 bits per heavy atom. The molecule has 236 valence electrons. The first-order valence-electron chi connectivity index (χ1n) is 15.5. The van der Waals surface area contributed by atoms with Crippen LogP contribution in [0, 0.1) is 0 Å². The molecule has 1 unspecified atom stereocenters. The third-order valence-electron chi connectivity index (χ3n) is 8.21. The number of phenols is 1. The molecule has 0 aliphatic carbocycles. The van der Waals surface area contributed by atoms with Gasteiger partial charge in [-0.05, 0) is 70.3 Å². The number of amides is 2. The van der Waals surface area contributed by atoms with Crippen LogP contribution in [0.4, 0.5) is 0 Å². The van der Waals surface area contributed by atoms with E-state index >= 15 is 0 Å². The Labute approximate surface area is 273 Å². The van der Waals surface area contributed by atoms with Crippen molar-refractivity contribution in [3.63, 3.8) is 0 Å². The monoisotopic (exact) mass is 623 g/mol. The van der Waals surface area contributed by atoms with Gasteiger partial charge in [0.05, 0.1) is 24.0 Å². The van der Waals surface area contributed by atoms with E-state index in [0.717, 1.165) is 38.9 Å². The second kappa shape index (κ2) is 13.0. The number of pyridine rings is 1. The highest BCUT2D eigenvalue weighted by Gasteiger charge is 2.20. The normalized spacial score (nSPS) is 12.2. The van der Waals surface area contributed by atoms with E-state index in [1.54, 1.807) is 30.3 Å². The van der Waals surface area contributed by atoms with Crippen molar-refractivity contribution < 1.29 is 14.7 Å². The third-order valence-corrected chi connectivity index (χ3v) is 8.21. The summed E-state index contributed by atoms with van der Waals surface area (Å²) in [5.74, 6) is -0.998. The van der Waals surface area contributed by atoms with Gasteiger partial charge in [-0.2, -0.15) is 5.10 Å². The zero-order valence-electron chi connectivity index (χ0n) is 26.6. The first-order chi connectivity index (χ1) is 22.5. The Hall–Kier alpha value is -5.60. The quantitative estimate of drug-likeness (QED) is 0.175. The van der Waals surface area contributed by atoms with Crippen LogP contribution in [-0.4, -0.2) is 37.7 Å². The van der Waals surface area contributed by atoms with E-state index < -0.39 is 17.9 Å². The fourth-order valence-electron chi connectivity index (χ4n) is 5.48. The number of aromatic nitrogens is 3. The maximum absolute atomic E-state index is 13.2. The minimum atomic E-state index is -0.935. The standard InChI is InChI=1S/C39H37N5O3/c1-39(2,3)31-15-11-26(12-16-31)24-44-36(22-35(43-44)34-21-27-7-4-5-8-30(27)23-41-34)28-9-6-10-29(20-28)37(46)42-38(47)33(40)19-25-13-17-32(45)18-14-25/h4-18,20-23,33,45H,19,24,40H2,1-3H3,(H,42,46,47). The van der Waals surface area contributed by atoms with Gasteiger partial charge in [0.15, 0.2) is 0 Å². The summed E-state index contributed by atoms with van der Waals surface area (Å²) in [4.78, 5) is 30.7. The number of hydrogen-bond donors (Lipinski definition) is 3. The summed E-state index contributed by atoms with van der Waals surface area (Å²) < 4.78 is 1.92. The Morgan fingerprint density at radius 2 is 1.53 bits per heavy atom. The zero-order chi connectivity index (χ0) is 33.1. The van der Waals surface area contributed by atoms with Crippen LogP contribution in [0.15, 0.2) is 115 Å². The molecule has 47 heavy (non-hydrogen) atoms. The molecule has 4 N–H and O–H groups in total. The van der Waals surface area contributed by atoms with Gasteiger partial charge >= 0.3 is 0 Å². The van der Waals surface area contributed by atoms with E-state index in [1.165, 1.54) is 17.7 Å². The summed E-state index contributed by atoms with van der Waals surface area (Å²) in [5.41, 5.74) is 12.6. The molecule has 2 aromatic heterocycles. The zero-order valence-corrected chi connectivity index (χ0v) is 26.6. The number of nitrogens with zero attached hydrogens (tertiary/aromatic N) is 3. The molecule has 0 saturated carbocycles. The molecule has 4 aromatic carbocycles. The Balaban J connectivity index is 1.29. The van der Waals surface area contributed by atoms with Crippen LogP contribution in [0.3, 0.4) is 0 Å². The van der Waals surface area contributed by atoms with Crippen LogP contribution in [0.5, 0.6) is 5.75 Å². The van der Waals surface area contributed by atoms with Gasteiger partial charge in [-0.1, -0.05) is 93.6 Å². The largest absolute Gasteiger partial charge is 0.508 e. The van der Waals surface area contributed by atoms with Crippen molar-refractivity contribution in [2.45, 2.75) is 45.2 Å². The molecule has 0 bridgehead atoms. The van der Waals surface area contributed by atoms with Gasteiger partial charge in [-0.3, -0.25) is 24.6 Å². The van der Waals surface area contributed by atoms with Crippen molar-refractivity contribution in [1.29, 1.82) is 0 Å². The maximum Gasteiger partial charge on any atom is 0.257 e. The molecule has 6 rings (SSSR count). The Kier molecular flexibility index (Phi) is 8.70. The van der Waals surface area contributed by atoms with E-state index in [1.807, 2.05) is 47.3 Å². The molecule has 0 aliphatic rings. The van der Waals surface area contributed by atoms with Crippen molar-refractivity contribution in [3.8, 4) is 28.4 Å². The Bertz CT molecular complexity index is 2060. The molecule has 0 saturated heterocycles. The fraction of sp³-hybridized carbons (Fsp3) is 0.179. The number of aromatic hydroxyl groups is 1. The lowest BCUT2D eigenvalue weighted by Gasteiger charge is -2.19. The third kappa shape index (κ3) is 7.29. The number of nitrogens with two attached hydrogens (primary N) is 1. The highest BCUT2D eigenvalue weighted by atomic mass is 16.3. The van der Waals surface area contributed by atoms with Crippen molar-refractivity contribution in [2.75, 3.05) is 0 Å². The minimum absolute atomic E-state index is 0.0438. The van der Waals surface area contributed by atoms with Crippen LogP contribution >= 0.6 is 0 Å². The van der Waals surface area contributed by atoms with Gasteiger partial charge in [0.25, 0.3) is 5.91 Å². The number of benzene rings is 4. The number of carbonyl (C=O) groups excluding carboxylic acids is 2. The molecule has 8 heteroatoms. The van der Waals surface area contributed by atoms with Gasteiger partial charge in [-0.25, -0.2) is 0 Å². The predicted molar refractivity (Wildman–Crippen MR) is 185 cm³/mol. The second-order valence-electron chi connectivity index (χ2n) is 12.8. The molecule has 0 radical (unpaired) electrons. The number of rotatable bonds is 8. The minimum Gasteiger partial charge on any atom is -0.508 e. The number of fused-ring (bicyclic) bond motifs is 1. The highest BCUT2D eigenvalue weighted by molar-refractivity contribution is 6.06. The lowest BCUT2D eigenvalue weighted by atomic mass is 9.87. The van der Waals surface area contributed by atoms with Crippen LogP contribution in [0.1, 0.15) is 47.8 Å². The van der Waals surface area contributed by atoms with Gasteiger partial charge in [-0.15, -0.1) is 0 Å². The average Bonchev–Trinajstić information content (AvgIpc) is 3.49. The molecule has 1 atom stereocenters. The lowest BCUT2D eigenvalue weighted by molar-refractivity contribution is -0.121. The van der Waals surface area contributed by atoms with Crippen LogP contribution in [-0.2, 0) is 23.2 Å². The van der Waals surface area contributed by atoms with E-state index in [-0.39, 0.29) is 17.6 Å². The molecule has 2 amide bonds. The van der Waals surface area contributed by atoms with Crippen LogP contribution in [0.2, 0.25) is 0 Å². The van der Waals surface area contributed by atoms with Crippen LogP contribution < -0.4 is 11.1 Å². The summed E-state index contributed by atoms with van der Waals surface area (Å²) in [6.07, 6.45) is 2.07. The maximum atomic E-state index is 13.2. The second-order valence-corrected chi connectivity index (χ2v) is 12.8. The van der Waals surface area contributed by atoms with E-state index in [2.05, 4.69) is 56.4 Å². The molecule has 2 heterocycles. The summed E-state index contributed by atoms with van der Waals surface area (Å²) >= 11 is 0. The molecular formula is C39H37N5O3.